The molecule has 13 aromatic carbocycles. The molecule has 4 heterocycles. The summed E-state index contributed by atoms with van der Waals surface area (Å²) in [5, 5.41) is -2.94. The fourth-order valence-electron chi connectivity index (χ4n) is 12.7. The lowest BCUT2D eigenvalue weighted by Crippen LogP contribution is -2.72. The second-order valence-electron chi connectivity index (χ2n) is 23.8. The van der Waals surface area contributed by atoms with E-state index in [9.17, 15) is 32.9 Å². The van der Waals surface area contributed by atoms with E-state index in [4.69, 9.17) is 26.8 Å². The predicted octanol–water partition coefficient (Wildman–Crippen LogP) is 16.5. The Hall–Kier alpha value is -12.1. The van der Waals surface area contributed by atoms with Crippen molar-refractivity contribution in [1.29, 1.82) is 0 Å². The SMILES string of the molecule is [2H]c1c([2H])c([2H])c([Si](Oc2cccc(O[Si](c3c([2H])c([2H])c([2H])c([2H])c3[2H])(c3c([2H])c([2H])c([2H])c([2H])c3[2H])c3c([2H])c([2H])c([2H])c([2H])c3[2H])c2-[n+]2[c-]n(-c3cccc(Oc4ccc5c6cc(-n7c8ccccc8c8ccccc87)ccc6n(-c6cc(C(C)(C)C)ccn6)c5c4)c3)c3ccccc32)(c2c([2H])c([2H])c([2H])c([2H])c2[2H])c2c([2H])c([2H])c([2H])c([2H])c2[2H])c([2H])c1[2H]. The molecule has 0 atom stereocenters. The van der Waals surface area contributed by atoms with Crippen molar-refractivity contribution in [3.8, 4) is 45.9 Å². The highest BCUT2D eigenvalue weighted by molar-refractivity contribution is 7.08. The maximum absolute atomic E-state index is 9.95. The van der Waals surface area contributed by atoms with Gasteiger partial charge < -0.3 is 18.2 Å². The van der Waals surface area contributed by atoms with Gasteiger partial charge in [-0.05, 0) is 127 Å². The standard InChI is InChI=1S/C88H67N5O3Si2/c1-88(2,3)63-56-57-89-86(58-63)93-80-55-52-65(92-78-46-24-22-44-74(78)75-45-23-25-47-79(75)92)60-77(80)76-54-53-67(61-83(76)93)94-66-31-28-30-64(59-66)90-62-91(82-49-27-26-48-81(82)90)87-84(95-97(68-32-10-4-11-33-68,69-34-12-5-13-35-69)70-36-14-6-15-37-70)50-29-51-85(87)96-98(71-38-16-7-17-39-71,72-40-18-8-19-41-72)73-42-20-9-21-43-73/h4-61H,1-3H3/i4D,5D,6D,7D,8D,9D,10D,11D,12D,13D,14D,15D,16D,17D,18D,19D,20D,21D,32D,33D,34D,35D,36D,37D,38D,39D,40D,41D,42D,43D. The van der Waals surface area contributed by atoms with E-state index in [1.54, 1.807) is 48.7 Å². The molecule has 0 N–H and O–H groups in total. The number of imidazole rings is 1. The van der Waals surface area contributed by atoms with Gasteiger partial charge in [0, 0.05) is 39.5 Å². The van der Waals surface area contributed by atoms with Crippen LogP contribution in [0, 0.1) is 6.33 Å². The van der Waals surface area contributed by atoms with Gasteiger partial charge in [0.05, 0.1) is 79.9 Å². The number of pyridine rings is 1. The van der Waals surface area contributed by atoms with E-state index in [0.29, 0.717) is 17.1 Å². The molecule has 0 unspecified atom stereocenters. The van der Waals surface area contributed by atoms with Crippen LogP contribution in [0.5, 0.6) is 23.0 Å². The summed E-state index contributed by atoms with van der Waals surface area (Å²) >= 11 is 0. The summed E-state index contributed by atoms with van der Waals surface area (Å²) in [6.07, 6.45) is 5.06. The van der Waals surface area contributed by atoms with Crippen molar-refractivity contribution in [3.05, 3.63) is 363 Å². The minimum Gasteiger partial charge on any atom is -0.533 e. The molecule has 0 radical (unpaired) electrons. The third kappa shape index (κ3) is 10.3. The molecule has 17 aromatic rings. The summed E-state index contributed by atoms with van der Waals surface area (Å²) < 4.78 is 314. The van der Waals surface area contributed by atoms with Crippen molar-refractivity contribution < 1.29 is 59.3 Å². The van der Waals surface area contributed by atoms with Crippen molar-refractivity contribution in [2.45, 2.75) is 26.2 Å². The number of hydrogen-bond donors (Lipinski definition) is 0. The zero-order chi connectivity index (χ0) is 91.9. The Morgan fingerprint density at radius 2 is 0.847 bits per heavy atom. The smallest absolute Gasteiger partial charge is 0.346 e. The van der Waals surface area contributed by atoms with E-state index >= 15 is 0 Å². The summed E-state index contributed by atoms with van der Waals surface area (Å²) in [6.45, 7) is 6.32. The molecular weight excluding hydrogens is 1230 g/mol. The molecule has 10 heteroatoms. The Bertz CT molecular complexity index is 6930. The number of nitrogens with zero attached hydrogens (tertiary/aromatic N) is 5. The van der Waals surface area contributed by atoms with E-state index in [0.717, 1.165) is 72.1 Å². The molecule has 0 saturated heterocycles. The molecule has 0 aliphatic carbocycles. The minimum atomic E-state index is -6.59. The first-order valence-corrected chi connectivity index (χ1v) is 34.7. The molecule has 0 saturated carbocycles. The summed E-state index contributed by atoms with van der Waals surface area (Å²) in [5.74, 6) is -0.672. The average Bonchev–Trinajstić information content (AvgIpc) is 0.793. The van der Waals surface area contributed by atoms with Gasteiger partial charge in [-0.15, -0.1) is 0 Å². The highest BCUT2D eigenvalue weighted by atomic mass is 28.4. The number of rotatable bonds is 16. The third-order valence-electron chi connectivity index (χ3n) is 17.1. The molecule has 0 aliphatic rings. The van der Waals surface area contributed by atoms with Crippen LogP contribution in [0.1, 0.15) is 67.5 Å². The lowest BCUT2D eigenvalue weighted by molar-refractivity contribution is -0.573. The number of fused-ring (bicyclic) bond motifs is 7. The highest BCUT2D eigenvalue weighted by Gasteiger charge is 2.47. The molecule has 17 rings (SSSR count). The molecule has 470 valence electrons. The van der Waals surface area contributed by atoms with Gasteiger partial charge in [0.25, 0.3) is 6.33 Å². The Kier molecular flexibility index (Phi) is 8.93. The molecule has 0 bridgehead atoms. The van der Waals surface area contributed by atoms with Crippen LogP contribution in [0.25, 0.3) is 77.5 Å². The molecule has 4 aromatic heterocycles. The van der Waals surface area contributed by atoms with Crippen LogP contribution in [0.2, 0.25) is 0 Å². The summed E-state index contributed by atoms with van der Waals surface area (Å²) in [5.41, 5.74) is 4.70. The topological polar surface area (TPSA) is 59.2 Å². The van der Waals surface area contributed by atoms with Crippen LogP contribution in [0.3, 0.4) is 0 Å². The van der Waals surface area contributed by atoms with Crippen LogP contribution < -0.4 is 49.3 Å². The van der Waals surface area contributed by atoms with Crippen LogP contribution >= 0.6 is 0 Å². The van der Waals surface area contributed by atoms with Crippen LogP contribution in [0.15, 0.2) is 351 Å². The van der Waals surface area contributed by atoms with E-state index in [1.165, 1.54) is 16.7 Å². The molecule has 0 amide bonds. The fourth-order valence-corrected chi connectivity index (χ4v) is 18.7. The molecule has 0 aliphatic heterocycles. The molecule has 0 spiro atoms. The van der Waals surface area contributed by atoms with Gasteiger partial charge in [0.15, 0.2) is 0 Å². The molecular formula is C88H67N5O3Si2. The minimum absolute atomic E-state index is 0.0372. The van der Waals surface area contributed by atoms with Gasteiger partial charge >= 0.3 is 16.6 Å². The predicted molar refractivity (Wildman–Crippen MR) is 405 cm³/mol. The van der Waals surface area contributed by atoms with Gasteiger partial charge in [-0.2, -0.15) is 0 Å². The largest absolute Gasteiger partial charge is 0.533 e. The highest BCUT2D eigenvalue weighted by Crippen LogP contribution is 2.41. The lowest BCUT2D eigenvalue weighted by atomic mass is 9.88. The van der Waals surface area contributed by atoms with E-state index in [-0.39, 0.29) is 27.9 Å². The summed E-state index contributed by atoms with van der Waals surface area (Å²) in [4.78, 5) is 4.97. The van der Waals surface area contributed by atoms with Crippen molar-refractivity contribution in [1.82, 2.24) is 18.7 Å². The lowest BCUT2D eigenvalue weighted by Gasteiger charge is -2.36. The Labute approximate surface area is 613 Å². The first-order valence-electron chi connectivity index (χ1n) is 45.9. The Morgan fingerprint density at radius 1 is 0.388 bits per heavy atom. The second kappa shape index (κ2) is 24.6. The third-order valence-corrected chi connectivity index (χ3v) is 23.9. The zero-order valence-corrected chi connectivity index (χ0v) is 54.1. The summed E-state index contributed by atoms with van der Waals surface area (Å²) in [7, 11) is -13.2. The first kappa shape index (κ1) is 35.6. The number of ether oxygens (including phenoxy) is 1. The van der Waals surface area contributed by atoms with E-state index < -0.39 is 246 Å². The van der Waals surface area contributed by atoms with Gasteiger partial charge in [-0.3, -0.25) is 13.7 Å². The number of para-hydroxylation sites is 5. The average molecular weight is 1330 g/mol. The van der Waals surface area contributed by atoms with Crippen LogP contribution in [0.4, 0.5) is 0 Å². The second-order valence-corrected chi connectivity index (χ2v) is 29.9. The van der Waals surface area contributed by atoms with E-state index in [2.05, 4.69) is 78.7 Å². The van der Waals surface area contributed by atoms with Gasteiger partial charge in [-0.1, -0.05) is 275 Å². The number of aromatic nitrogens is 5. The first-order chi connectivity index (χ1) is 60.6. The normalized spacial score (nSPS) is 16.3. The van der Waals surface area contributed by atoms with Crippen LogP contribution in [-0.2, 0) is 5.41 Å². The van der Waals surface area contributed by atoms with Crippen molar-refractivity contribution in [2.75, 3.05) is 0 Å². The van der Waals surface area contributed by atoms with Gasteiger partial charge in [-0.25, -0.2) is 4.98 Å². The van der Waals surface area contributed by atoms with Crippen LogP contribution in [-0.4, -0.2) is 35.3 Å². The quantitative estimate of drug-likeness (QED) is 0.0419. The maximum Gasteiger partial charge on any atom is 0.346 e. The van der Waals surface area contributed by atoms with Crippen molar-refractivity contribution in [2.24, 2.45) is 0 Å². The summed E-state index contributed by atoms with van der Waals surface area (Å²) in [6, 6.07) is 12.3. The molecule has 8 nitrogen and oxygen atoms in total. The van der Waals surface area contributed by atoms with Crippen molar-refractivity contribution in [3.63, 3.8) is 0 Å². The fraction of sp³-hybridized carbons (Fsp3) is 0.0455. The Balaban J connectivity index is 0.969. The number of benzene rings is 13. The van der Waals surface area contributed by atoms with Gasteiger partial charge in [0.2, 0.25) is 0 Å². The molecule has 0 fully saturated rings. The monoisotopic (exact) mass is 1330 g/mol. The van der Waals surface area contributed by atoms with Gasteiger partial charge in [0.1, 0.15) is 34.5 Å². The zero-order valence-electron chi connectivity index (χ0n) is 82.1. The van der Waals surface area contributed by atoms with E-state index in [1.807, 2.05) is 48.5 Å². The maximum atomic E-state index is 9.95. The van der Waals surface area contributed by atoms with Crippen molar-refractivity contribution >= 4 is 102 Å². The number of hydrogen-bond acceptors (Lipinski definition) is 4. The Morgan fingerprint density at radius 3 is 1.37 bits per heavy atom. The molecule has 98 heavy (non-hydrogen) atoms.